The highest BCUT2D eigenvalue weighted by Gasteiger charge is 2.26. The SMILES string of the molecule is COc1cc(/C=C2\CCC(C)/C(=C\c3ccc(OCc4ccccc4)c(OC)c3)C2=O)ccc1OCc1ccccc1. The van der Waals surface area contributed by atoms with E-state index < -0.39 is 0 Å². The van der Waals surface area contributed by atoms with E-state index in [0.29, 0.717) is 36.2 Å². The normalized spacial score (nSPS) is 16.8. The van der Waals surface area contributed by atoms with Gasteiger partial charge in [0.05, 0.1) is 14.2 Å². The van der Waals surface area contributed by atoms with E-state index in [1.54, 1.807) is 14.2 Å². The van der Waals surface area contributed by atoms with Crippen LogP contribution in [0.2, 0.25) is 0 Å². The van der Waals surface area contributed by atoms with E-state index >= 15 is 0 Å². The molecule has 4 aromatic carbocycles. The summed E-state index contributed by atoms with van der Waals surface area (Å²) in [6, 6.07) is 31.6. The molecule has 4 aromatic rings. The maximum absolute atomic E-state index is 13.7. The molecular weight excluding hydrogens is 524 g/mol. The lowest BCUT2D eigenvalue weighted by Gasteiger charge is -2.23. The summed E-state index contributed by atoms with van der Waals surface area (Å²) in [5, 5.41) is 0. The largest absolute Gasteiger partial charge is 0.493 e. The van der Waals surface area contributed by atoms with Crippen LogP contribution >= 0.6 is 0 Å². The molecule has 0 N–H and O–H groups in total. The summed E-state index contributed by atoms with van der Waals surface area (Å²) in [7, 11) is 3.26. The first kappa shape index (κ1) is 28.7. The average Bonchev–Trinajstić information content (AvgIpc) is 3.03. The lowest BCUT2D eigenvalue weighted by molar-refractivity contribution is -0.113. The summed E-state index contributed by atoms with van der Waals surface area (Å²) in [6.45, 7) is 3.01. The van der Waals surface area contributed by atoms with Crippen molar-refractivity contribution in [1.82, 2.24) is 0 Å². The molecule has 1 atom stereocenters. The standard InChI is InChI=1S/C37H36O5/c1-26-14-17-31(20-29-15-18-33(35(22-29)39-2)41-24-27-10-6-4-7-11-27)37(38)32(26)21-30-16-19-34(36(23-30)40-3)42-25-28-12-8-5-9-13-28/h4-13,15-16,18-23,26H,14,17,24-25H2,1-3H3/b31-20+,32-21+. The second-order valence-electron chi connectivity index (χ2n) is 10.4. The Kier molecular flexibility index (Phi) is 9.40. The monoisotopic (exact) mass is 560 g/mol. The zero-order valence-corrected chi connectivity index (χ0v) is 24.3. The van der Waals surface area contributed by atoms with Gasteiger partial charge in [0.25, 0.3) is 0 Å². The van der Waals surface area contributed by atoms with Crippen LogP contribution in [-0.2, 0) is 18.0 Å². The Morgan fingerprint density at radius 2 is 1.17 bits per heavy atom. The number of benzene rings is 4. The van der Waals surface area contributed by atoms with Crippen molar-refractivity contribution in [2.45, 2.75) is 33.0 Å². The van der Waals surface area contributed by atoms with E-state index in [1.807, 2.05) is 109 Å². The Bertz CT molecular complexity index is 1570. The minimum absolute atomic E-state index is 0.0699. The fourth-order valence-corrected chi connectivity index (χ4v) is 5.03. The number of hydrogen-bond donors (Lipinski definition) is 0. The molecular formula is C37H36O5. The molecule has 1 fully saturated rings. The van der Waals surface area contributed by atoms with Crippen LogP contribution in [0, 0.1) is 5.92 Å². The molecule has 1 unspecified atom stereocenters. The molecule has 1 aliphatic rings. The summed E-state index contributed by atoms with van der Waals surface area (Å²) in [6.07, 6.45) is 5.56. The van der Waals surface area contributed by atoms with E-state index in [2.05, 4.69) is 6.92 Å². The second-order valence-corrected chi connectivity index (χ2v) is 10.4. The van der Waals surface area contributed by atoms with Gasteiger partial charge in [-0.3, -0.25) is 4.79 Å². The number of carbonyl (C=O) groups excluding carboxylic acids is 1. The molecule has 5 nitrogen and oxygen atoms in total. The van der Waals surface area contributed by atoms with Crippen LogP contribution in [0.3, 0.4) is 0 Å². The fraction of sp³-hybridized carbons (Fsp3) is 0.216. The van der Waals surface area contributed by atoms with Crippen molar-refractivity contribution < 1.29 is 23.7 Å². The van der Waals surface area contributed by atoms with E-state index in [1.165, 1.54) is 0 Å². The lowest BCUT2D eigenvalue weighted by Crippen LogP contribution is -2.19. The minimum Gasteiger partial charge on any atom is -0.493 e. The zero-order valence-electron chi connectivity index (χ0n) is 24.3. The van der Waals surface area contributed by atoms with Crippen LogP contribution in [0.15, 0.2) is 108 Å². The molecule has 1 saturated carbocycles. The zero-order chi connectivity index (χ0) is 29.3. The first-order valence-electron chi connectivity index (χ1n) is 14.2. The maximum Gasteiger partial charge on any atom is 0.185 e. The quantitative estimate of drug-likeness (QED) is 0.183. The van der Waals surface area contributed by atoms with Crippen molar-refractivity contribution in [2.75, 3.05) is 14.2 Å². The van der Waals surface area contributed by atoms with Crippen LogP contribution in [0.1, 0.15) is 42.0 Å². The Balaban J connectivity index is 1.32. The lowest BCUT2D eigenvalue weighted by atomic mass is 9.80. The molecule has 42 heavy (non-hydrogen) atoms. The summed E-state index contributed by atoms with van der Waals surface area (Å²) in [4.78, 5) is 13.7. The fourth-order valence-electron chi connectivity index (χ4n) is 5.03. The van der Waals surface area contributed by atoms with Gasteiger partial charge in [-0.05, 0) is 77.4 Å². The van der Waals surface area contributed by atoms with Gasteiger partial charge in [0, 0.05) is 11.1 Å². The van der Waals surface area contributed by atoms with Gasteiger partial charge in [-0.25, -0.2) is 0 Å². The van der Waals surface area contributed by atoms with Gasteiger partial charge >= 0.3 is 0 Å². The van der Waals surface area contributed by atoms with Gasteiger partial charge in [-0.2, -0.15) is 0 Å². The van der Waals surface area contributed by atoms with Gasteiger partial charge in [-0.1, -0.05) is 79.7 Å². The van der Waals surface area contributed by atoms with E-state index in [4.69, 9.17) is 18.9 Å². The highest BCUT2D eigenvalue weighted by molar-refractivity contribution is 6.14. The average molecular weight is 561 g/mol. The summed E-state index contributed by atoms with van der Waals surface area (Å²) >= 11 is 0. The highest BCUT2D eigenvalue weighted by atomic mass is 16.5. The Morgan fingerprint density at radius 1 is 0.667 bits per heavy atom. The number of ether oxygens (including phenoxy) is 4. The van der Waals surface area contributed by atoms with Crippen molar-refractivity contribution in [2.24, 2.45) is 5.92 Å². The molecule has 0 saturated heterocycles. The molecule has 0 aromatic heterocycles. The number of hydrogen-bond acceptors (Lipinski definition) is 5. The third-order valence-corrected chi connectivity index (χ3v) is 7.44. The van der Waals surface area contributed by atoms with Crippen molar-refractivity contribution in [3.05, 3.63) is 130 Å². The third-order valence-electron chi connectivity index (χ3n) is 7.44. The molecule has 0 bridgehead atoms. The Morgan fingerprint density at radius 3 is 1.67 bits per heavy atom. The highest BCUT2D eigenvalue weighted by Crippen LogP contribution is 2.36. The summed E-state index contributed by atoms with van der Waals surface area (Å²) in [5.74, 6) is 2.82. The van der Waals surface area contributed by atoms with Crippen molar-refractivity contribution >= 4 is 17.9 Å². The molecule has 1 aliphatic carbocycles. The third kappa shape index (κ3) is 7.10. The number of rotatable bonds is 10. The first-order chi connectivity index (χ1) is 20.5. The van der Waals surface area contributed by atoms with Gasteiger partial charge in [0.2, 0.25) is 0 Å². The molecule has 5 rings (SSSR count). The van der Waals surface area contributed by atoms with Crippen molar-refractivity contribution in [3.63, 3.8) is 0 Å². The molecule has 0 heterocycles. The summed E-state index contributed by atoms with van der Waals surface area (Å²) < 4.78 is 23.2. The van der Waals surface area contributed by atoms with E-state index in [0.717, 1.165) is 46.2 Å². The van der Waals surface area contributed by atoms with Crippen LogP contribution in [0.5, 0.6) is 23.0 Å². The van der Waals surface area contributed by atoms with Gasteiger partial charge in [0.1, 0.15) is 13.2 Å². The molecule has 0 amide bonds. The van der Waals surface area contributed by atoms with Crippen LogP contribution in [0.4, 0.5) is 0 Å². The van der Waals surface area contributed by atoms with Crippen molar-refractivity contribution in [1.29, 1.82) is 0 Å². The maximum atomic E-state index is 13.7. The Labute approximate surface area is 248 Å². The van der Waals surface area contributed by atoms with Crippen LogP contribution < -0.4 is 18.9 Å². The predicted octanol–water partition coefficient (Wildman–Crippen LogP) is 8.33. The molecule has 0 aliphatic heterocycles. The topological polar surface area (TPSA) is 54.0 Å². The van der Waals surface area contributed by atoms with Gasteiger partial charge < -0.3 is 18.9 Å². The Hall–Kier alpha value is -4.77. The summed E-state index contributed by atoms with van der Waals surface area (Å²) in [5.41, 5.74) is 5.55. The van der Waals surface area contributed by atoms with Gasteiger partial charge in [-0.15, -0.1) is 0 Å². The molecule has 5 heteroatoms. The van der Waals surface area contributed by atoms with Crippen LogP contribution in [-0.4, -0.2) is 20.0 Å². The van der Waals surface area contributed by atoms with E-state index in [9.17, 15) is 4.79 Å². The van der Waals surface area contributed by atoms with E-state index in [-0.39, 0.29) is 11.7 Å². The number of allylic oxidation sites excluding steroid dienone is 2. The first-order valence-corrected chi connectivity index (χ1v) is 14.2. The number of methoxy groups -OCH3 is 2. The van der Waals surface area contributed by atoms with Crippen molar-refractivity contribution in [3.8, 4) is 23.0 Å². The second kappa shape index (κ2) is 13.7. The van der Waals surface area contributed by atoms with Gasteiger partial charge in [0.15, 0.2) is 28.8 Å². The molecule has 0 spiro atoms. The van der Waals surface area contributed by atoms with Crippen LogP contribution in [0.25, 0.3) is 12.2 Å². The molecule has 0 radical (unpaired) electrons. The minimum atomic E-state index is 0.0699. The number of carbonyl (C=O) groups is 1. The molecule has 214 valence electrons. The number of Topliss-reactive ketones (excluding diaryl/α,β-unsaturated/α-hetero) is 1. The number of ketones is 1. The predicted molar refractivity (Wildman–Crippen MR) is 167 cm³/mol. The smallest absolute Gasteiger partial charge is 0.185 e.